The van der Waals surface area contributed by atoms with Gasteiger partial charge in [0.15, 0.2) is 17.6 Å². The molecule has 1 saturated heterocycles. The molecule has 3 amide bonds. The zero-order chi connectivity index (χ0) is 32.8. The van der Waals surface area contributed by atoms with Crippen molar-refractivity contribution in [1.82, 2.24) is 35.8 Å². The highest BCUT2D eigenvalue weighted by Crippen LogP contribution is 2.40. The number of amides is 3. The third-order valence-corrected chi connectivity index (χ3v) is 7.66. The van der Waals surface area contributed by atoms with E-state index in [2.05, 4.69) is 25.6 Å². The van der Waals surface area contributed by atoms with Crippen molar-refractivity contribution in [3.8, 4) is 0 Å². The van der Waals surface area contributed by atoms with E-state index in [-0.39, 0.29) is 46.3 Å². The van der Waals surface area contributed by atoms with E-state index in [9.17, 15) is 35.9 Å². The molecule has 3 aromatic rings. The zero-order valence-corrected chi connectivity index (χ0v) is 23.9. The van der Waals surface area contributed by atoms with Crippen molar-refractivity contribution >= 4 is 23.0 Å². The highest BCUT2D eigenvalue weighted by Gasteiger charge is 2.49. The number of aromatic nitrogens is 4. The van der Waals surface area contributed by atoms with Gasteiger partial charge in [0.2, 0.25) is 0 Å². The molecule has 2 aliphatic rings. The van der Waals surface area contributed by atoms with Gasteiger partial charge in [-0.25, -0.2) is 18.8 Å². The summed E-state index contributed by atoms with van der Waals surface area (Å²) in [5, 5.41) is 11.7. The van der Waals surface area contributed by atoms with Crippen molar-refractivity contribution in [3.63, 3.8) is 0 Å². The normalized spacial score (nSPS) is 20.3. The third-order valence-electron chi connectivity index (χ3n) is 7.66. The lowest BCUT2D eigenvalue weighted by molar-refractivity contribution is -0.227. The fourth-order valence-corrected chi connectivity index (χ4v) is 5.07. The van der Waals surface area contributed by atoms with E-state index in [1.807, 2.05) is 5.32 Å². The fourth-order valence-electron chi connectivity index (χ4n) is 5.07. The van der Waals surface area contributed by atoms with Gasteiger partial charge >= 0.3 is 18.4 Å². The maximum atomic E-state index is 16.0. The molecule has 3 N–H and O–H groups in total. The van der Waals surface area contributed by atoms with Crippen molar-refractivity contribution in [2.75, 3.05) is 20.3 Å². The maximum absolute atomic E-state index is 16.0. The van der Waals surface area contributed by atoms with Crippen molar-refractivity contribution in [3.05, 3.63) is 40.7 Å². The lowest BCUT2D eigenvalue weighted by Gasteiger charge is -2.27. The van der Waals surface area contributed by atoms with Gasteiger partial charge in [0, 0.05) is 18.6 Å². The van der Waals surface area contributed by atoms with Crippen LogP contribution in [0.2, 0.25) is 0 Å². The summed E-state index contributed by atoms with van der Waals surface area (Å²) in [6, 6.07) is -3.41. The quantitative estimate of drug-likeness (QED) is 0.258. The predicted octanol–water partition coefficient (Wildman–Crippen LogP) is 4.43. The summed E-state index contributed by atoms with van der Waals surface area (Å²) in [6.45, 7) is 0.856. The third kappa shape index (κ3) is 6.68. The first-order valence-electron chi connectivity index (χ1n) is 13.8. The first-order valence-corrected chi connectivity index (χ1v) is 13.8. The summed E-state index contributed by atoms with van der Waals surface area (Å²) in [7, 11) is 1.22. The van der Waals surface area contributed by atoms with Crippen LogP contribution in [0.3, 0.4) is 0 Å². The minimum Gasteiger partial charge on any atom is -0.382 e. The zero-order valence-electron chi connectivity index (χ0n) is 23.9. The Morgan fingerprint density at radius 1 is 1.18 bits per heavy atom. The van der Waals surface area contributed by atoms with Gasteiger partial charge in [-0.2, -0.15) is 26.3 Å². The second kappa shape index (κ2) is 12.1. The Kier molecular flexibility index (Phi) is 8.69. The Morgan fingerprint density at radius 2 is 1.89 bits per heavy atom. The first-order chi connectivity index (χ1) is 21.1. The highest BCUT2D eigenvalue weighted by molar-refractivity contribution is 5.93. The van der Waals surface area contributed by atoms with Crippen LogP contribution in [0.15, 0.2) is 16.8 Å². The van der Waals surface area contributed by atoms with E-state index in [0.717, 1.165) is 24.7 Å². The molecule has 5 atom stereocenters. The Bertz CT molecular complexity index is 1550. The van der Waals surface area contributed by atoms with Gasteiger partial charge in [0.05, 0.1) is 30.8 Å². The van der Waals surface area contributed by atoms with E-state index in [1.165, 1.54) is 26.2 Å². The number of fused-ring (bicyclic) bond motifs is 1. The average Bonchev–Trinajstić information content (AvgIpc) is 3.33. The maximum Gasteiger partial charge on any atom is 0.414 e. The number of benzene rings is 1. The van der Waals surface area contributed by atoms with Crippen molar-refractivity contribution in [2.24, 2.45) is 0 Å². The Morgan fingerprint density at radius 3 is 2.49 bits per heavy atom. The van der Waals surface area contributed by atoms with Gasteiger partial charge in [-0.15, -0.1) is 0 Å². The topological polar surface area (TPSA) is 147 Å². The molecule has 0 bridgehead atoms. The van der Waals surface area contributed by atoms with Gasteiger partial charge in [0.1, 0.15) is 29.1 Å². The number of hydrogen-bond donors (Lipinski definition) is 3. The average molecular weight is 652 g/mol. The minimum atomic E-state index is -4.75. The number of nitrogens with one attached hydrogen (secondary N) is 3. The summed E-state index contributed by atoms with van der Waals surface area (Å²) in [5.41, 5.74) is -0.428. The Hall–Kier alpha value is -4.00. The number of ether oxygens (including phenoxy) is 2. The number of imidazole rings is 1. The molecule has 1 aromatic carbocycles. The first kappa shape index (κ1) is 32.4. The number of nitrogens with zero attached hydrogens (tertiary/aromatic N) is 4. The largest absolute Gasteiger partial charge is 0.414 e. The molecular formula is C26H28F7N7O5. The molecule has 1 unspecified atom stereocenters. The molecule has 5 rings (SSSR count). The second-order valence-corrected chi connectivity index (χ2v) is 10.9. The van der Waals surface area contributed by atoms with E-state index in [1.54, 1.807) is 0 Å². The predicted molar refractivity (Wildman–Crippen MR) is 138 cm³/mol. The van der Waals surface area contributed by atoms with Gasteiger partial charge in [-0.3, -0.25) is 4.79 Å². The monoisotopic (exact) mass is 651 g/mol. The smallest absolute Gasteiger partial charge is 0.382 e. The number of carbonyl (C=O) groups excluding carboxylic acids is 2. The van der Waals surface area contributed by atoms with E-state index in [4.69, 9.17) is 14.1 Å². The molecule has 1 saturated carbocycles. The molecule has 19 heteroatoms. The van der Waals surface area contributed by atoms with Crippen molar-refractivity contribution < 1.29 is 54.4 Å². The number of methoxy groups -OCH3 is 1. The number of H-pyrrole nitrogens is 1. The highest BCUT2D eigenvalue weighted by atomic mass is 19.4. The standard InChI is InChI=1S/C26H28F7N7O5/c1-10(44-11(2)25(28,29)30)18(37-23(41)21-19(12-4-5-12)38-45-39-21)22-34-14-7-6-13(17(27)20(14)36-22)15(9-43-3)40-8-16(26(31,32)33)35-24(40)42/h6-7,10-12,15-16,18H,4-5,8-9H2,1-3H3,(H,34,36)(H,35,42)(H,37,41)/t10-,11-,15-,16+,18?/m1/s1. The summed E-state index contributed by atoms with van der Waals surface area (Å²) in [6.07, 6.45) is -11.6. The number of halogens is 7. The SMILES string of the molecule is COC[C@H](c1ccc2[nH]c(C(NC(=O)c3nonc3C3CC3)[C@@H](C)O[C@H](C)C(F)(F)F)nc2c1F)N1C[C@@H](C(F)(F)F)NC1=O. The van der Waals surface area contributed by atoms with Gasteiger partial charge in [0.25, 0.3) is 5.91 Å². The van der Waals surface area contributed by atoms with Crippen LogP contribution in [-0.4, -0.2) is 88.0 Å². The summed E-state index contributed by atoms with van der Waals surface area (Å²) < 4.78 is 111. The van der Waals surface area contributed by atoms with E-state index in [0.29, 0.717) is 0 Å². The number of urea groups is 1. The Balaban J connectivity index is 1.49. The fraction of sp³-hybridized carbons (Fsp3) is 0.577. The number of rotatable bonds is 11. The van der Waals surface area contributed by atoms with Gasteiger partial charge in [-0.1, -0.05) is 11.2 Å². The number of carbonyl (C=O) groups is 2. The number of alkyl halides is 6. The van der Waals surface area contributed by atoms with Crippen LogP contribution < -0.4 is 10.6 Å². The molecule has 0 spiro atoms. The summed E-state index contributed by atoms with van der Waals surface area (Å²) in [4.78, 5) is 33.4. The van der Waals surface area contributed by atoms with Gasteiger partial charge < -0.3 is 30.0 Å². The lowest BCUT2D eigenvalue weighted by Crippen LogP contribution is -2.41. The molecule has 1 aliphatic heterocycles. The summed E-state index contributed by atoms with van der Waals surface area (Å²) >= 11 is 0. The number of hydrogen-bond acceptors (Lipinski definition) is 8. The van der Waals surface area contributed by atoms with Crippen LogP contribution in [0.5, 0.6) is 0 Å². The lowest BCUT2D eigenvalue weighted by atomic mass is 10.0. The minimum absolute atomic E-state index is 0.0403. The van der Waals surface area contributed by atoms with Crippen LogP contribution in [0.1, 0.15) is 72.3 Å². The van der Waals surface area contributed by atoms with Crippen LogP contribution in [0.25, 0.3) is 11.0 Å². The van der Waals surface area contributed by atoms with E-state index < -0.39 is 67.0 Å². The molecule has 3 heterocycles. The molecule has 45 heavy (non-hydrogen) atoms. The van der Waals surface area contributed by atoms with Crippen molar-refractivity contribution in [2.45, 2.75) is 75.3 Å². The summed E-state index contributed by atoms with van der Waals surface area (Å²) in [5.74, 6) is -2.13. The molecule has 2 fully saturated rings. The molecule has 246 valence electrons. The molecular weight excluding hydrogens is 623 g/mol. The van der Waals surface area contributed by atoms with Crippen LogP contribution in [-0.2, 0) is 9.47 Å². The molecule has 2 aromatic heterocycles. The molecule has 12 nitrogen and oxygen atoms in total. The van der Waals surface area contributed by atoms with Crippen LogP contribution in [0, 0.1) is 5.82 Å². The number of aromatic amines is 1. The second-order valence-electron chi connectivity index (χ2n) is 10.9. The molecule has 1 aliphatic carbocycles. The van der Waals surface area contributed by atoms with Gasteiger partial charge in [-0.05, 0) is 37.9 Å². The molecule has 0 radical (unpaired) electrons. The Labute approximate surface area is 249 Å². The van der Waals surface area contributed by atoms with Crippen LogP contribution in [0.4, 0.5) is 35.5 Å². The van der Waals surface area contributed by atoms with Crippen molar-refractivity contribution in [1.29, 1.82) is 0 Å². The van der Waals surface area contributed by atoms with E-state index >= 15 is 4.39 Å². The van der Waals surface area contributed by atoms with Crippen LogP contribution >= 0.6 is 0 Å².